The van der Waals surface area contributed by atoms with Gasteiger partial charge in [0.2, 0.25) is 0 Å². The number of carbonyl (C=O) groups is 2. The van der Waals surface area contributed by atoms with Gasteiger partial charge in [-0.05, 0) is 64.2 Å². The first-order valence-corrected chi connectivity index (χ1v) is 10.5. The Morgan fingerprint density at radius 1 is 1.31 bits per heavy atom. The van der Waals surface area contributed by atoms with Gasteiger partial charge in [0, 0.05) is 36.3 Å². The number of halogens is 2. The highest BCUT2D eigenvalue weighted by atomic mass is 35.5. The van der Waals surface area contributed by atoms with Gasteiger partial charge in [-0.2, -0.15) is 0 Å². The number of urea groups is 1. The Morgan fingerprint density at radius 2 is 2.00 bits per heavy atom. The summed E-state index contributed by atoms with van der Waals surface area (Å²) in [7, 11) is 0. The number of piperidine rings is 1. The van der Waals surface area contributed by atoms with Crippen LogP contribution in [0.25, 0.3) is 0 Å². The van der Waals surface area contributed by atoms with Crippen molar-refractivity contribution in [1.82, 2.24) is 15.1 Å². The van der Waals surface area contributed by atoms with Crippen molar-refractivity contribution < 1.29 is 19.1 Å². The van der Waals surface area contributed by atoms with Gasteiger partial charge in [-0.3, -0.25) is 4.79 Å². The summed E-state index contributed by atoms with van der Waals surface area (Å²) in [5.41, 5.74) is -0.290. The average Bonchev–Trinajstić information content (AvgIpc) is 3.47. The molecule has 1 heterocycles. The molecular formula is C21H29ClFN3O3. The van der Waals surface area contributed by atoms with Gasteiger partial charge in [0.1, 0.15) is 11.4 Å². The Labute approximate surface area is 176 Å². The van der Waals surface area contributed by atoms with Gasteiger partial charge in [-0.1, -0.05) is 11.6 Å². The van der Waals surface area contributed by atoms with Gasteiger partial charge < -0.3 is 20.2 Å². The number of likely N-dealkylation sites (tertiary alicyclic amines) is 1. The molecule has 1 aliphatic carbocycles. The number of aliphatic hydroxyl groups is 1. The molecule has 0 radical (unpaired) electrons. The quantitative estimate of drug-likeness (QED) is 0.760. The number of aryl methyl sites for hydroxylation is 1. The highest BCUT2D eigenvalue weighted by Gasteiger charge is 2.41. The SMILES string of the molecule is Cc1cc(CNC(=O)N(C2CC2)C2CCCN(C(=O)C(C)(C)O)C2)c(F)cc1Cl. The molecule has 2 aliphatic rings. The normalized spacial score (nSPS) is 19.8. The minimum atomic E-state index is -1.43. The predicted octanol–water partition coefficient (Wildman–Crippen LogP) is 3.22. The van der Waals surface area contributed by atoms with Crippen LogP contribution >= 0.6 is 11.6 Å². The van der Waals surface area contributed by atoms with Crippen LogP contribution in [-0.2, 0) is 11.3 Å². The maximum atomic E-state index is 14.1. The summed E-state index contributed by atoms with van der Waals surface area (Å²) in [5.74, 6) is -0.768. The van der Waals surface area contributed by atoms with Gasteiger partial charge in [0.25, 0.3) is 5.91 Å². The Bertz CT molecular complexity index is 792. The zero-order chi connectivity index (χ0) is 21.3. The highest BCUT2D eigenvalue weighted by molar-refractivity contribution is 6.31. The van der Waals surface area contributed by atoms with E-state index in [1.165, 1.54) is 19.9 Å². The van der Waals surface area contributed by atoms with E-state index in [0.29, 0.717) is 23.7 Å². The lowest BCUT2D eigenvalue weighted by molar-refractivity contribution is -0.149. The summed E-state index contributed by atoms with van der Waals surface area (Å²) in [6.45, 7) is 5.81. The van der Waals surface area contributed by atoms with Crippen LogP contribution in [0.3, 0.4) is 0 Å². The van der Waals surface area contributed by atoms with E-state index in [2.05, 4.69) is 5.32 Å². The summed E-state index contributed by atoms with van der Waals surface area (Å²) in [6, 6.07) is 2.69. The molecule has 1 aromatic rings. The van der Waals surface area contributed by atoms with Crippen molar-refractivity contribution in [2.45, 2.75) is 70.7 Å². The van der Waals surface area contributed by atoms with E-state index in [1.54, 1.807) is 17.9 Å². The number of hydrogen-bond donors (Lipinski definition) is 2. The molecule has 8 heteroatoms. The van der Waals surface area contributed by atoms with Crippen molar-refractivity contribution in [1.29, 1.82) is 0 Å². The van der Waals surface area contributed by atoms with E-state index in [9.17, 15) is 19.1 Å². The first kappa shape index (κ1) is 21.8. The number of nitrogens with zero attached hydrogens (tertiary/aromatic N) is 2. The van der Waals surface area contributed by atoms with Crippen molar-refractivity contribution >= 4 is 23.5 Å². The average molecular weight is 426 g/mol. The predicted molar refractivity (Wildman–Crippen MR) is 109 cm³/mol. The summed E-state index contributed by atoms with van der Waals surface area (Å²) >= 11 is 5.94. The fourth-order valence-corrected chi connectivity index (χ4v) is 4.00. The Balaban J connectivity index is 1.67. The number of hydrogen-bond acceptors (Lipinski definition) is 3. The van der Waals surface area contributed by atoms with Crippen molar-refractivity contribution in [2.75, 3.05) is 13.1 Å². The van der Waals surface area contributed by atoms with Gasteiger partial charge >= 0.3 is 6.03 Å². The second kappa shape index (κ2) is 8.48. The molecule has 3 amide bonds. The number of nitrogens with one attached hydrogen (secondary N) is 1. The van der Waals surface area contributed by atoms with Crippen molar-refractivity contribution in [3.8, 4) is 0 Å². The third-order valence-corrected chi connectivity index (χ3v) is 5.94. The molecule has 0 bridgehead atoms. The number of carbonyl (C=O) groups excluding carboxylic acids is 2. The van der Waals surface area contributed by atoms with E-state index >= 15 is 0 Å². The van der Waals surface area contributed by atoms with Crippen LogP contribution in [0.5, 0.6) is 0 Å². The molecule has 1 atom stereocenters. The molecule has 1 aliphatic heterocycles. The minimum absolute atomic E-state index is 0.0743. The number of benzene rings is 1. The van der Waals surface area contributed by atoms with Gasteiger partial charge in [-0.15, -0.1) is 0 Å². The lowest BCUT2D eigenvalue weighted by Crippen LogP contribution is -2.57. The van der Waals surface area contributed by atoms with Crippen LogP contribution in [0, 0.1) is 12.7 Å². The van der Waals surface area contributed by atoms with E-state index in [4.69, 9.17) is 11.6 Å². The van der Waals surface area contributed by atoms with Crippen molar-refractivity contribution in [3.05, 3.63) is 34.1 Å². The second-order valence-electron chi connectivity index (χ2n) is 8.60. The first-order valence-electron chi connectivity index (χ1n) is 10.1. The van der Waals surface area contributed by atoms with Crippen LogP contribution in [0.1, 0.15) is 50.7 Å². The fourth-order valence-electron chi connectivity index (χ4n) is 3.85. The lowest BCUT2D eigenvalue weighted by Gasteiger charge is -2.41. The molecule has 0 spiro atoms. The van der Waals surface area contributed by atoms with Crippen molar-refractivity contribution in [2.24, 2.45) is 0 Å². The lowest BCUT2D eigenvalue weighted by atomic mass is 10.0. The monoisotopic (exact) mass is 425 g/mol. The zero-order valence-corrected chi connectivity index (χ0v) is 17.9. The maximum Gasteiger partial charge on any atom is 0.318 e. The number of rotatable bonds is 5. The Hall–Kier alpha value is -1.86. The standard InChI is InChI=1S/C21H29ClFN3O3/c1-13-9-14(18(23)10-17(13)22)11-24-20(28)26(15-6-7-15)16-5-4-8-25(12-16)19(27)21(2,3)29/h9-10,15-16,29H,4-8,11-12H2,1-3H3,(H,24,28). The van der Waals surface area contributed by atoms with Crippen LogP contribution in [0.15, 0.2) is 12.1 Å². The molecule has 2 N–H and O–H groups in total. The molecule has 1 saturated heterocycles. The third kappa shape index (κ3) is 5.20. The minimum Gasteiger partial charge on any atom is -0.381 e. The molecule has 6 nitrogen and oxygen atoms in total. The fraction of sp³-hybridized carbons (Fsp3) is 0.619. The largest absolute Gasteiger partial charge is 0.381 e. The van der Waals surface area contributed by atoms with Crippen LogP contribution < -0.4 is 5.32 Å². The third-order valence-electron chi connectivity index (χ3n) is 5.53. The second-order valence-corrected chi connectivity index (χ2v) is 9.00. The molecule has 1 saturated carbocycles. The molecule has 160 valence electrons. The zero-order valence-electron chi connectivity index (χ0n) is 17.2. The summed E-state index contributed by atoms with van der Waals surface area (Å²) < 4.78 is 14.1. The summed E-state index contributed by atoms with van der Waals surface area (Å²) in [4.78, 5) is 28.9. The van der Waals surface area contributed by atoms with E-state index in [-0.39, 0.29) is 30.6 Å². The van der Waals surface area contributed by atoms with Crippen LogP contribution in [0.2, 0.25) is 5.02 Å². The highest BCUT2D eigenvalue weighted by Crippen LogP contribution is 2.32. The van der Waals surface area contributed by atoms with Gasteiger partial charge in [-0.25, -0.2) is 9.18 Å². The summed E-state index contributed by atoms with van der Waals surface area (Å²) in [5, 5.41) is 13.2. The molecule has 1 unspecified atom stereocenters. The van der Waals surface area contributed by atoms with Crippen molar-refractivity contribution in [3.63, 3.8) is 0 Å². The van der Waals surface area contributed by atoms with E-state index in [0.717, 1.165) is 31.2 Å². The van der Waals surface area contributed by atoms with Gasteiger partial charge in [0.15, 0.2) is 0 Å². The first-order chi connectivity index (χ1) is 13.6. The van der Waals surface area contributed by atoms with Crippen LogP contribution in [-0.4, -0.2) is 57.6 Å². The molecular weight excluding hydrogens is 397 g/mol. The Kier molecular flexibility index (Phi) is 6.39. The summed E-state index contributed by atoms with van der Waals surface area (Å²) in [6.07, 6.45) is 3.43. The molecule has 0 aromatic heterocycles. The maximum absolute atomic E-state index is 14.1. The van der Waals surface area contributed by atoms with Gasteiger partial charge in [0.05, 0.1) is 6.04 Å². The molecule has 3 rings (SSSR count). The van der Waals surface area contributed by atoms with Crippen LogP contribution in [0.4, 0.5) is 9.18 Å². The molecule has 29 heavy (non-hydrogen) atoms. The molecule has 2 fully saturated rings. The Morgan fingerprint density at radius 3 is 2.62 bits per heavy atom. The van der Waals surface area contributed by atoms with E-state index < -0.39 is 11.4 Å². The number of amides is 3. The molecule has 1 aromatic carbocycles. The topological polar surface area (TPSA) is 72.9 Å². The smallest absolute Gasteiger partial charge is 0.318 e. The van der Waals surface area contributed by atoms with E-state index in [1.807, 2.05) is 4.90 Å².